The highest BCUT2D eigenvalue weighted by Gasteiger charge is 2.09. The summed E-state index contributed by atoms with van der Waals surface area (Å²) in [6, 6.07) is 14.1. The van der Waals surface area contributed by atoms with Crippen LogP contribution >= 0.6 is 0 Å². The predicted octanol–water partition coefficient (Wildman–Crippen LogP) is 3.47. The fourth-order valence-corrected chi connectivity index (χ4v) is 2.25. The van der Waals surface area contributed by atoms with Gasteiger partial charge in [-0.1, -0.05) is 24.3 Å². The van der Waals surface area contributed by atoms with E-state index < -0.39 is 5.63 Å². The highest BCUT2D eigenvalue weighted by atomic mass is 16.4. The molecular weight excluding hydrogens is 240 g/mol. The molecule has 0 bridgehead atoms. The lowest BCUT2D eigenvalue weighted by Crippen LogP contribution is -1.98. The van der Waals surface area contributed by atoms with Gasteiger partial charge < -0.3 is 9.52 Å². The topological polar surface area (TPSA) is 50.4 Å². The van der Waals surface area contributed by atoms with Gasteiger partial charge in [0.15, 0.2) is 0 Å². The summed E-state index contributed by atoms with van der Waals surface area (Å²) in [7, 11) is 0. The lowest BCUT2D eigenvalue weighted by atomic mass is 9.98. The van der Waals surface area contributed by atoms with Crippen molar-refractivity contribution in [2.24, 2.45) is 0 Å². The molecule has 0 fully saturated rings. The molecule has 0 aliphatic heterocycles. The Morgan fingerprint density at radius 3 is 2.58 bits per heavy atom. The Kier molecular flexibility index (Phi) is 2.60. The van der Waals surface area contributed by atoms with E-state index in [0.29, 0.717) is 5.58 Å². The monoisotopic (exact) mass is 252 g/mol. The van der Waals surface area contributed by atoms with Gasteiger partial charge in [0.25, 0.3) is 0 Å². The van der Waals surface area contributed by atoms with Gasteiger partial charge in [-0.3, -0.25) is 0 Å². The molecule has 3 heteroatoms. The highest BCUT2D eigenvalue weighted by Crippen LogP contribution is 2.30. The number of aromatic hydroxyl groups is 1. The first-order chi connectivity index (χ1) is 9.15. The largest absolute Gasteiger partial charge is 0.508 e. The molecule has 3 rings (SSSR count). The van der Waals surface area contributed by atoms with E-state index in [1.807, 2.05) is 31.2 Å². The van der Waals surface area contributed by atoms with Crippen molar-refractivity contribution in [1.82, 2.24) is 0 Å². The lowest BCUT2D eigenvalue weighted by molar-refractivity contribution is 0.473. The van der Waals surface area contributed by atoms with E-state index in [9.17, 15) is 9.90 Å². The van der Waals surface area contributed by atoms with Crippen LogP contribution < -0.4 is 5.63 Å². The van der Waals surface area contributed by atoms with Gasteiger partial charge in [0.05, 0.1) is 0 Å². The van der Waals surface area contributed by atoms with Crippen LogP contribution in [-0.4, -0.2) is 5.11 Å². The lowest BCUT2D eigenvalue weighted by Gasteiger charge is -2.08. The SMILES string of the molecule is Cc1ccccc1-c1cc(=O)oc2cc(O)ccc12. The van der Waals surface area contributed by atoms with Crippen molar-refractivity contribution in [1.29, 1.82) is 0 Å². The van der Waals surface area contributed by atoms with Crippen molar-refractivity contribution >= 4 is 11.0 Å². The fourth-order valence-electron chi connectivity index (χ4n) is 2.25. The second-order valence-corrected chi connectivity index (χ2v) is 4.47. The van der Waals surface area contributed by atoms with E-state index in [-0.39, 0.29) is 5.75 Å². The van der Waals surface area contributed by atoms with Crippen molar-refractivity contribution in [3.8, 4) is 16.9 Å². The minimum absolute atomic E-state index is 0.0811. The molecule has 0 spiro atoms. The van der Waals surface area contributed by atoms with Crippen LogP contribution in [0.15, 0.2) is 57.7 Å². The van der Waals surface area contributed by atoms with Gasteiger partial charge in [-0.05, 0) is 30.2 Å². The van der Waals surface area contributed by atoms with Crippen LogP contribution in [0.1, 0.15) is 5.56 Å². The standard InChI is InChI=1S/C16H12O3/c1-10-4-2-3-5-12(10)14-9-16(18)19-15-8-11(17)6-7-13(14)15/h2-9,17H,1H3. The maximum absolute atomic E-state index is 11.7. The molecule has 1 heterocycles. The molecule has 0 atom stereocenters. The number of phenols is 1. The van der Waals surface area contributed by atoms with E-state index in [1.54, 1.807) is 12.1 Å². The van der Waals surface area contributed by atoms with Gasteiger partial charge in [0.2, 0.25) is 0 Å². The highest BCUT2D eigenvalue weighted by molar-refractivity contribution is 5.94. The zero-order valence-corrected chi connectivity index (χ0v) is 10.4. The molecule has 0 unspecified atom stereocenters. The minimum atomic E-state index is -0.420. The molecule has 19 heavy (non-hydrogen) atoms. The van der Waals surface area contributed by atoms with Crippen molar-refractivity contribution in [3.05, 3.63) is 64.5 Å². The summed E-state index contributed by atoms with van der Waals surface area (Å²) in [5, 5.41) is 10.3. The number of benzene rings is 2. The Morgan fingerprint density at radius 1 is 1.00 bits per heavy atom. The summed E-state index contributed by atoms with van der Waals surface area (Å²) < 4.78 is 5.13. The molecule has 1 aromatic heterocycles. The second-order valence-electron chi connectivity index (χ2n) is 4.47. The number of hydrogen-bond acceptors (Lipinski definition) is 3. The van der Waals surface area contributed by atoms with Crippen molar-refractivity contribution < 1.29 is 9.52 Å². The van der Waals surface area contributed by atoms with Crippen molar-refractivity contribution in [2.45, 2.75) is 6.92 Å². The number of aryl methyl sites for hydroxylation is 1. The molecule has 0 saturated carbocycles. The maximum atomic E-state index is 11.7. The number of rotatable bonds is 1. The van der Waals surface area contributed by atoms with E-state index in [2.05, 4.69) is 0 Å². The predicted molar refractivity (Wildman–Crippen MR) is 74.3 cm³/mol. The molecule has 1 N–H and O–H groups in total. The Labute approximate surface area is 109 Å². The summed E-state index contributed by atoms with van der Waals surface area (Å²) in [4.78, 5) is 11.7. The van der Waals surface area contributed by atoms with E-state index in [1.165, 1.54) is 12.1 Å². The Balaban J connectivity index is 2.41. The molecule has 0 saturated heterocycles. The Bertz CT molecular complexity index is 816. The molecule has 0 radical (unpaired) electrons. The molecule has 0 amide bonds. The number of fused-ring (bicyclic) bond motifs is 1. The summed E-state index contributed by atoms with van der Waals surface area (Å²) >= 11 is 0. The van der Waals surface area contributed by atoms with E-state index in [0.717, 1.165) is 22.1 Å². The van der Waals surface area contributed by atoms with Crippen LogP contribution in [0.4, 0.5) is 0 Å². The number of hydrogen-bond donors (Lipinski definition) is 1. The van der Waals surface area contributed by atoms with Gasteiger partial charge in [0, 0.05) is 23.1 Å². The average Bonchev–Trinajstić information content (AvgIpc) is 2.38. The third kappa shape index (κ3) is 1.99. The molecule has 2 aromatic carbocycles. The third-order valence-electron chi connectivity index (χ3n) is 3.16. The van der Waals surface area contributed by atoms with Crippen LogP contribution in [0.2, 0.25) is 0 Å². The van der Waals surface area contributed by atoms with Crippen LogP contribution in [0, 0.1) is 6.92 Å². The summed E-state index contributed by atoms with van der Waals surface area (Å²) in [5.74, 6) is 0.0811. The Hall–Kier alpha value is -2.55. The zero-order chi connectivity index (χ0) is 13.4. The first-order valence-corrected chi connectivity index (χ1v) is 5.98. The molecule has 3 nitrogen and oxygen atoms in total. The smallest absolute Gasteiger partial charge is 0.336 e. The molecule has 3 aromatic rings. The van der Waals surface area contributed by atoms with E-state index >= 15 is 0 Å². The first kappa shape index (κ1) is 11.5. The maximum Gasteiger partial charge on any atom is 0.336 e. The molecule has 94 valence electrons. The summed E-state index contributed by atoms with van der Waals surface area (Å²) in [6.07, 6.45) is 0. The second kappa shape index (κ2) is 4.28. The van der Waals surface area contributed by atoms with Gasteiger partial charge in [0.1, 0.15) is 11.3 Å². The third-order valence-corrected chi connectivity index (χ3v) is 3.16. The molecule has 0 aliphatic rings. The Morgan fingerprint density at radius 2 is 1.79 bits per heavy atom. The van der Waals surface area contributed by atoms with Gasteiger partial charge in [-0.2, -0.15) is 0 Å². The van der Waals surface area contributed by atoms with Crippen LogP contribution in [0.3, 0.4) is 0 Å². The van der Waals surface area contributed by atoms with Gasteiger partial charge in [-0.15, -0.1) is 0 Å². The van der Waals surface area contributed by atoms with Gasteiger partial charge >= 0.3 is 5.63 Å². The van der Waals surface area contributed by atoms with Crippen LogP contribution in [0.5, 0.6) is 5.75 Å². The summed E-state index contributed by atoms with van der Waals surface area (Å²) in [6.45, 7) is 2.00. The average molecular weight is 252 g/mol. The fraction of sp³-hybridized carbons (Fsp3) is 0.0625. The van der Waals surface area contributed by atoms with Crippen LogP contribution in [0.25, 0.3) is 22.1 Å². The minimum Gasteiger partial charge on any atom is -0.508 e. The quantitative estimate of drug-likeness (QED) is 0.674. The molecule has 0 aliphatic carbocycles. The van der Waals surface area contributed by atoms with Crippen molar-refractivity contribution in [3.63, 3.8) is 0 Å². The normalized spacial score (nSPS) is 10.8. The van der Waals surface area contributed by atoms with Crippen molar-refractivity contribution in [2.75, 3.05) is 0 Å². The van der Waals surface area contributed by atoms with Gasteiger partial charge in [-0.25, -0.2) is 4.79 Å². The van der Waals surface area contributed by atoms with E-state index in [4.69, 9.17) is 4.42 Å². The first-order valence-electron chi connectivity index (χ1n) is 5.98. The zero-order valence-electron chi connectivity index (χ0n) is 10.4. The van der Waals surface area contributed by atoms with Crippen LogP contribution in [-0.2, 0) is 0 Å². The number of phenolic OH excluding ortho intramolecular Hbond substituents is 1. The molecular formula is C16H12O3. The summed E-state index contributed by atoms with van der Waals surface area (Å²) in [5.41, 5.74) is 2.88.